The maximum atomic E-state index is 15.1. The highest BCUT2D eigenvalue weighted by Gasteiger charge is 2.38. The van der Waals surface area contributed by atoms with Crippen molar-refractivity contribution in [2.24, 2.45) is 11.5 Å². The van der Waals surface area contributed by atoms with E-state index >= 15 is 4.39 Å². The van der Waals surface area contributed by atoms with Crippen molar-refractivity contribution in [3.8, 4) is 22.3 Å². The largest absolute Gasteiger partial charge is 0.478 e. The topological polar surface area (TPSA) is 294 Å². The van der Waals surface area contributed by atoms with Gasteiger partial charge in [0.05, 0.1) is 50.6 Å². The van der Waals surface area contributed by atoms with Crippen molar-refractivity contribution >= 4 is 52.5 Å². The van der Waals surface area contributed by atoms with E-state index in [-0.39, 0.29) is 69.5 Å². The van der Waals surface area contributed by atoms with Crippen LogP contribution in [0.1, 0.15) is 114 Å². The lowest BCUT2D eigenvalue weighted by atomic mass is 9.99. The van der Waals surface area contributed by atoms with Gasteiger partial charge in [0, 0.05) is 105 Å². The van der Waals surface area contributed by atoms with E-state index in [2.05, 4.69) is 41.0 Å². The molecule has 0 radical (unpaired) electrons. The number of ether oxygens (including phenoxy) is 1. The van der Waals surface area contributed by atoms with E-state index in [1.54, 1.807) is 24.3 Å². The molecule has 4 atom stereocenters. The Morgan fingerprint density at radius 1 is 0.564 bits per heavy atom. The summed E-state index contributed by atoms with van der Waals surface area (Å²) in [4.78, 5) is 97.2. The van der Waals surface area contributed by atoms with Crippen molar-refractivity contribution in [1.29, 1.82) is 0 Å². The number of likely N-dealkylation sites (N-methyl/N-ethyl adjacent to an activating group) is 2. The van der Waals surface area contributed by atoms with Crippen LogP contribution in [0, 0.1) is 11.6 Å². The molecule has 94 heavy (non-hydrogen) atoms. The number of rotatable bonds is 16. The van der Waals surface area contributed by atoms with Gasteiger partial charge >= 0.3 is 24.4 Å². The summed E-state index contributed by atoms with van der Waals surface area (Å²) in [5.41, 5.74) is 5.74. The van der Waals surface area contributed by atoms with Gasteiger partial charge in [-0.05, 0) is 160 Å². The van der Waals surface area contributed by atoms with E-state index in [1.807, 2.05) is 72.4 Å². The molecule has 21 nitrogen and oxygen atoms in total. The SMILES string of the molecule is CC(C)(C)OC(=O)NCCCN.C[C@@H]1CN(c2ccc(-c3cc(C(=O)NCCCN)ccc3F)cc2NC(=O)c2c[nH]c(=O)cc2C(F)(F)F)C[C@H](C)N1C.C[C@@H]1CN(c2ccc(-c3cc(C(=O)O)ccc3F)cc2NC(=O)c2c[nH]c(=O)cc2C(F)(F)F)C[C@H](C)N1C. The number of carbonyl (C=O) groups is 5. The Kier molecular flexibility index (Phi) is 24.8. The molecule has 6 aromatic rings. The number of halogens is 8. The number of nitrogens with two attached hydrogens (primary N) is 2. The molecule has 4 aromatic carbocycles. The Balaban J connectivity index is 0.000000255. The fourth-order valence-corrected chi connectivity index (χ4v) is 10.3. The van der Waals surface area contributed by atoms with E-state index in [1.165, 1.54) is 24.3 Å². The van der Waals surface area contributed by atoms with Gasteiger partial charge in [-0.25, -0.2) is 18.4 Å². The van der Waals surface area contributed by atoms with Crippen molar-refractivity contribution in [3.05, 3.63) is 163 Å². The number of alkyl halides is 6. The number of H-pyrrole nitrogens is 2. The third kappa shape index (κ3) is 19.7. The van der Waals surface area contributed by atoms with Crippen molar-refractivity contribution < 1.29 is 68.9 Å². The second-order valence-corrected chi connectivity index (χ2v) is 23.8. The molecule has 0 spiro atoms. The summed E-state index contributed by atoms with van der Waals surface area (Å²) in [6.45, 7) is 17.7. The number of carboxylic acids is 1. The molecule has 4 amide bonds. The zero-order chi connectivity index (χ0) is 69.7. The van der Waals surface area contributed by atoms with Crippen LogP contribution >= 0.6 is 0 Å². The number of amides is 4. The van der Waals surface area contributed by atoms with E-state index in [4.69, 9.17) is 16.2 Å². The number of aromatic nitrogens is 2. The zero-order valence-electron chi connectivity index (χ0n) is 53.3. The van der Waals surface area contributed by atoms with Crippen LogP contribution in [0.2, 0.25) is 0 Å². The van der Waals surface area contributed by atoms with Gasteiger partial charge in [0.25, 0.3) is 17.7 Å². The first-order chi connectivity index (χ1) is 44.0. The molecule has 0 bridgehead atoms. The number of carboxylic acid groups (broad SMARTS) is 1. The van der Waals surface area contributed by atoms with Crippen LogP contribution < -0.4 is 53.7 Å². The highest BCUT2D eigenvalue weighted by atomic mass is 19.4. The standard InChI is InChI=1S/C30H34F4N6O3.C27H26F4N4O4.C8H18N2O2/c1-17-15-40(16-18(2)39(17)3)26-8-6-19(21-11-20(5-7-24(21)31)28(42)36-10-4-9-35)12-25(26)38-29(43)22-14-37-27(41)13-23(22)30(32,33)34;1-14-12-35(13-15(2)34(14)3)23-7-5-16(18-8-17(26(38)39)4-6-21(18)28)9-22(23)33-25(37)19-11-32-24(36)10-20(19)27(29,30)31;1-8(2,3)12-7(11)10-6-4-5-9/h5-8,11-14,17-18H,4,9-10,15-16,35H2,1-3H3,(H,36,42)(H,37,41)(H,38,43);4-11,14-15H,12-13H2,1-3H3,(H,32,36)(H,33,37)(H,38,39);4-6,9H2,1-3H3,(H,10,11)/t17-,18+;14-,15+;. The molecule has 2 aliphatic rings. The van der Waals surface area contributed by atoms with Crippen LogP contribution in [0.5, 0.6) is 0 Å². The summed E-state index contributed by atoms with van der Waals surface area (Å²) < 4.78 is 117. The molecule has 0 unspecified atom stereocenters. The second kappa shape index (κ2) is 31.6. The minimum Gasteiger partial charge on any atom is -0.478 e. The summed E-state index contributed by atoms with van der Waals surface area (Å²) in [5.74, 6) is -5.27. The van der Waals surface area contributed by atoms with Gasteiger partial charge in [0.15, 0.2) is 0 Å². The summed E-state index contributed by atoms with van der Waals surface area (Å²) in [6, 6.07) is 17.6. The van der Waals surface area contributed by atoms with Crippen LogP contribution in [-0.2, 0) is 17.1 Å². The normalized spacial score (nSPS) is 17.0. The highest BCUT2D eigenvalue weighted by molar-refractivity contribution is 6.08. The van der Waals surface area contributed by atoms with Crippen molar-refractivity contribution in [1.82, 2.24) is 30.4 Å². The number of hydrogen-bond donors (Lipinski definition) is 9. The number of piperazine rings is 2. The van der Waals surface area contributed by atoms with Crippen molar-refractivity contribution in [2.45, 2.75) is 103 Å². The lowest BCUT2D eigenvalue weighted by Gasteiger charge is -2.44. The van der Waals surface area contributed by atoms with E-state index in [9.17, 15) is 69.4 Å². The molecule has 29 heteroatoms. The third-order valence-corrected chi connectivity index (χ3v) is 15.6. The molecule has 0 saturated carbocycles. The van der Waals surface area contributed by atoms with Crippen LogP contribution in [0.4, 0.5) is 62.7 Å². The van der Waals surface area contributed by atoms with Crippen LogP contribution in [-0.4, -0.2) is 151 Å². The average Bonchev–Trinajstić information content (AvgIpc) is 0.799. The van der Waals surface area contributed by atoms with Crippen LogP contribution in [0.3, 0.4) is 0 Å². The molecule has 2 saturated heterocycles. The minimum atomic E-state index is -4.96. The van der Waals surface area contributed by atoms with Gasteiger partial charge in [0.2, 0.25) is 11.1 Å². The van der Waals surface area contributed by atoms with E-state index < -0.39 is 86.7 Å². The molecule has 2 fully saturated rings. The molecule has 11 N–H and O–H groups in total. The molecule has 2 aromatic heterocycles. The highest BCUT2D eigenvalue weighted by Crippen LogP contribution is 2.39. The van der Waals surface area contributed by atoms with Gasteiger partial charge < -0.3 is 62.3 Å². The second-order valence-electron chi connectivity index (χ2n) is 23.8. The fourth-order valence-electron chi connectivity index (χ4n) is 10.3. The fraction of sp³-hybridized carbons (Fsp3) is 0.400. The third-order valence-electron chi connectivity index (χ3n) is 15.6. The maximum Gasteiger partial charge on any atom is 0.417 e. The summed E-state index contributed by atoms with van der Waals surface area (Å²) >= 11 is 0. The summed E-state index contributed by atoms with van der Waals surface area (Å²) in [5, 5.41) is 19.7. The van der Waals surface area contributed by atoms with Gasteiger partial charge in [-0.3, -0.25) is 33.8 Å². The van der Waals surface area contributed by atoms with Crippen LogP contribution in [0.25, 0.3) is 22.3 Å². The number of anilines is 4. The minimum absolute atomic E-state index is 0.0583. The predicted octanol–water partition coefficient (Wildman–Crippen LogP) is 9.60. The first-order valence-corrected chi connectivity index (χ1v) is 29.9. The van der Waals surface area contributed by atoms with Gasteiger partial charge in [0.1, 0.15) is 17.2 Å². The maximum absolute atomic E-state index is 15.1. The Morgan fingerprint density at radius 2 is 0.947 bits per heavy atom. The number of pyridine rings is 2. The van der Waals surface area contributed by atoms with Crippen molar-refractivity contribution in [3.63, 3.8) is 0 Å². The Hall–Kier alpha value is -9.19. The molecular formula is C65H78F8N12O9. The first kappa shape index (κ1) is 73.9. The number of nitrogens with one attached hydrogen (secondary N) is 6. The van der Waals surface area contributed by atoms with Gasteiger partial charge in [-0.15, -0.1) is 0 Å². The smallest absolute Gasteiger partial charge is 0.417 e. The Labute approximate surface area is 537 Å². The monoisotopic (exact) mass is 1320 g/mol. The van der Waals surface area contributed by atoms with Crippen LogP contribution in [0.15, 0.2) is 107 Å². The Bertz CT molecular complexity index is 3790. The lowest BCUT2D eigenvalue weighted by Crippen LogP contribution is -2.55. The molecule has 4 heterocycles. The first-order valence-electron chi connectivity index (χ1n) is 29.9. The van der Waals surface area contributed by atoms with E-state index in [0.717, 1.165) is 36.9 Å². The number of aromatic amines is 2. The number of aromatic carboxylic acids is 1. The van der Waals surface area contributed by atoms with E-state index in [0.29, 0.717) is 94.0 Å². The number of nitrogens with zero attached hydrogens (tertiary/aromatic N) is 4. The average molecular weight is 1320 g/mol. The molecule has 8 rings (SSSR count). The van der Waals surface area contributed by atoms with Gasteiger partial charge in [-0.2, -0.15) is 26.3 Å². The van der Waals surface area contributed by atoms with Gasteiger partial charge in [-0.1, -0.05) is 12.1 Å². The Morgan fingerprint density at radius 3 is 1.32 bits per heavy atom. The summed E-state index contributed by atoms with van der Waals surface area (Å²) in [7, 11) is 3.97. The number of hydrogen-bond acceptors (Lipinski definition) is 14. The number of alkyl carbamates (subject to hydrolysis) is 1. The molecular weight excluding hydrogens is 1240 g/mol. The predicted molar refractivity (Wildman–Crippen MR) is 342 cm³/mol. The van der Waals surface area contributed by atoms with Crippen molar-refractivity contribution in [2.75, 3.05) is 86.9 Å². The number of carbonyl (C=O) groups excluding carboxylic acids is 4. The summed E-state index contributed by atoms with van der Waals surface area (Å²) in [6.07, 6.45) is -7.54. The molecule has 0 aliphatic carbocycles. The molecule has 2 aliphatic heterocycles. The molecule has 508 valence electrons. The lowest BCUT2D eigenvalue weighted by molar-refractivity contribution is -0.138. The quantitative estimate of drug-likeness (QED) is 0.0322. The number of benzene rings is 4. The zero-order valence-corrected chi connectivity index (χ0v) is 53.3.